The van der Waals surface area contributed by atoms with Crippen molar-refractivity contribution in [3.8, 4) is 0 Å². The Morgan fingerprint density at radius 3 is 1.96 bits per heavy atom. The van der Waals surface area contributed by atoms with Gasteiger partial charge in [-0.3, -0.25) is 0 Å². The maximum Gasteiger partial charge on any atom is 0.339 e. The van der Waals surface area contributed by atoms with Crippen molar-refractivity contribution >= 4 is 17.6 Å². The lowest BCUT2D eigenvalue weighted by Gasteiger charge is -2.06. The summed E-state index contributed by atoms with van der Waals surface area (Å²) in [6.07, 6.45) is 14.2. The summed E-state index contributed by atoms with van der Waals surface area (Å²) in [5.74, 6) is -0.317. The largest absolute Gasteiger partial charge is 0.462 e. The minimum atomic E-state index is -0.317. The van der Waals surface area contributed by atoms with Crippen LogP contribution >= 0.6 is 11.6 Å². The molecule has 0 saturated heterocycles. The van der Waals surface area contributed by atoms with Crippen LogP contribution in [-0.2, 0) is 4.74 Å². The number of halogens is 1. The summed E-state index contributed by atoms with van der Waals surface area (Å²) in [6.45, 7) is 2.74. The Balaban J connectivity index is 1.92. The molecule has 23 heavy (non-hydrogen) atoms. The molecule has 0 atom stereocenters. The zero-order valence-electron chi connectivity index (χ0n) is 14.5. The highest BCUT2D eigenvalue weighted by atomic mass is 35.5. The zero-order chi connectivity index (χ0) is 16.8. The van der Waals surface area contributed by atoms with Gasteiger partial charge in [0.1, 0.15) is 0 Å². The third-order valence-corrected chi connectivity index (χ3v) is 4.40. The molecule has 0 aliphatic rings. The van der Waals surface area contributed by atoms with Gasteiger partial charge in [-0.25, -0.2) is 4.79 Å². The summed E-state index contributed by atoms with van der Waals surface area (Å²) in [6, 6.07) is 7.01. The van der Waals surface area contributed by atoms with Gasteiger partial charge in [-0.2, -0.15) is 0 Å². The summed E-state index contributed by atoms with van der Waals surface area (Å²) in [5, 5.41) is 0.455. The molecule has 0 radical (unpaired) electrons. The Kier molecular flexibility index (Phi) is 11.7. The summed E-state index contributed by atoms with van der Waals surface area (Å²) >= 11 is 5.97. The van der Waals surface area contributed by atoms with Crippen molar-refractivity contribution < 1.29 is 9.53 Å². The second-order valence-electron chi connectivity index (χ2n) is 6.15. The molecule has 0 bridgehead atoms. The molecule has 0 unspecified atom stereocenters. The summed E-state index contributed by atoms with van der Waals surface area (Å²) in [7, 11) is 0. The first-order chi connectivity index (χ1) is 11.3. The van der Waals surface area contributed by atoms with Crippen LogP contribution in [0.1, 0.15) is 87.9 Å². The Morgan fingerprint density at radius 1 is 0.870 bits per heavy atom. The number of hydrogen-bond acceptors (Lipinski definition) is 2. The van der Waals surface area contributed by atoms with Crippen LogP contribution in [0.4, 0.5) is 0 Å². The first-order valence-electron chi connectivity index (χ1n) is 9.17. The van der Waals surface area contributed by atoms with E-state index in [1.54, 1.807) is 18.2 Å². The molecule has 0 fully saturated rings. The van der Waals surface area contributed by atoms with E-state index in [0.717, 1.165) is 12.8 Å². The molecular formula is C20H31ClO2. The Hall–Kier alpha value is -1.02. The summed E-state index contributed by atoms with van der Waals surface area (Å²) in [4.78, 5) is 11.8. The molecule has 0 aliphatic heterocycles. The van der Waals surface area contributed by atoms with Crippen molar-refractivity contribution in [1.29, 1.82) is 0 Å². The topological polar surface area (TPSA) is 26.3 Å². The molecule has 1 rings (SSSR count). The third kappa shape index (κ3) is 9.65. The summed E-state index contributed by atoms with van der Waals surface area (Å²) < 4.78 is 5.27. The van der Waals surface area contributed by atoms with Crippen LogP contribution < -0.4 is 0 Å². The van der Waals surface area contributed by atoms with E-state index in [1.165, 1.54) is 57.8 Å². The number of carbonyl (C=O) groups is 1. The first kappa shape index (κ1) is 20.0. The number of ether oxygens (including phenoxy) is 1. The van der Waals surface area contributed by atoms with Gasteiger partial charge in [-0.1, -0.05) is 94.9 Å². The monoisotopic (exact) mass is 338 g/mol. The van der Waals surface area contributed by atoms with E-state index in [1.807, 2.05) is 6.07 Å². The molecular weight excluding hydrogens is 308 g/mol. The predicted octanol–water partition coefficient (Wildman–Crippen LogP) is 6.81. The van der Waals surface area contributed by atoms with Crippen LogP contribution in [0.15, 0.2) is 24.3 Å². The lowest BCUT2D eigenvalue weighted by Crippen LogP contribution is -2.07. The van der Waals surface area contributed by atoms with Crippen molar-refractivity contribution in [3.05, 3.63) is 34.9 Å². The Labute approximate surface area is 146 Å². The molecule has 0 spiro atoms. The number of carbonyl (C=O) groups excluding carboxylic acids is 1. The van der Waals surface area contributed by atoms with Gasteiger partial charge in [-0.05, 0) is 18.6 Å². The normalized spacial score (nSPS) is 10.7. The van der Waals surface area contributed by atoms with Gasteiger partial charge < -0.3 is 4.74 Å². The molecule has 1 aromatic rings. The zero-order valence-corrected chi connectivity index (χ0v) is 15.2. The Morgan fingerprint density at radius 2 is 1.39 bits per heavy atom. The van der Waals surface area contributed by atoms with Gasteiger partial charge in [-0.15, -0.1) is 0 Å². The van der Waals surface area contributed by atoms with Gasteiger partial charge >= 0.3 is 5.97 Å². The fourth-order valence-corrected chi connectivity index (χ4v) is 2.85. The molecule has 2 nitrogen and oxygen atoms in total. The van der Waals surface area contributed by atoms with Gasteiger partial charge in [0.05, 0.1) is 17.2 Å². The molecule has 0 heterocycles. The van der Waals surface area contributed by atoms with Crippen LogP contribution in [0, 0.1) is 0 Å². The SMILES string of the molecule is CCCCCCCCCCCCCOC(=O)c1ccccc1Cl. The molecule has 0 aliphatic carbocycles. The van der Waals surface area contributed by atoms with Crippen LogP contribution in [0.2, 0.25) is 5.02 Å². The number of unbranched alkanes of at least 4 members (excludes halogenated alkanes) is 10. The van der Waals surface area contributed by atoms with Gasteiger partial charge in [0, 0.05) is 0 Å². The predicted molar refractivity (Wildman–Crippen MR) is 98.2 cm³/mol. The van der Waals surface area contributed by atoms with Gasteiger partial charge in [0.15, 0.2) is 0 Å². The number of benzene rings is 1. The van der Waals surface area contributed by atoms with Gasteiger partial charge in [0.2, 0.25) is 0 Å². The lowest BCUT2D eigenvalue weighted by molar-refractivity contribution is 0.0498. The minimum absolute atomic E-state index is 0.317. The second kappa shape index (κ2) is 13.4. The van der Waals surface area contributed by atoms with E-state index in [-0.39, 0.29) is 5.97 Å². The highest BCUT2D eigenvalue weighted by molar-refractivity contribution is 6.33. The smallest absolute Gasteiger partial charge is 0.339 e. The number of hydrogen-bond donors (Lipinski definition) is 0. The van der Waals surface area contributed by atoms with E-state index in [0.29, 0.717) is 17.2 Å². The maximum absolute atomic E-state index is 11.8. The molecule has 0 aromatic heterocycles. The number of rotatable bonds is 13. The number of esters is 1. The standard InChI is InChI=1S/C20H31ClO2/c1-2-3-4-5-6-7-8-9-10-11-14-17-23-20(22)18-15-12-13-16-19(18)21/h12-13,15-16H,2-11,14,17H2,1H3. The van der Waals surface area contributed by atoms with E-state index < -0.39 is 0 Å². The van der Waals surface area contributed by atoms with Gasteiger partial charge in [0.25, 0.3) is 0 Å². The molecule has 0 amide bonds. The van der Waals surface area contributed by atoms with Crippen LogP contribution in [-0.4, -0.2) is 12.6 Å². The Bertz CT molecular complexity index is 431. The molecule has 3 heteroatoms. The van der Waals surface area contributed by atoms with Crippen molar-refractivity contribution in [2.45, 2.75) is 77.6 Å². The first-order valence-corrected chi connectivity index (χ1v) is 9.55. The quantitative estimate of drug-likeness (QED) is 0.292. The highest BCUT2D eigenvalue weighted by Gasteiger charge is 2.10. The lowest BCUT2D eigenvalue weighted by atomic mass is 10.1. The van der Waals surface area contributed by atoms with E-state index >= 15 is 0 Å². The van der Waals surface area contributed by atoms with Crippen LogP contribution in [0.25, 0.3) is 0 Å². The molecule has 0 N–H and O–H groups in total. The van der Waals surface area contributed by atoms with Crippen molar-refractivity contribution in [2.75, 3.05) is 6.61 Å². The summed E-state index contributed by atoms with van der Waals surface area (Å²) in [5.41, 5.74) is 0.456. The average Bonchev–Trinajstić information content (AvgIpc) is 2.56. The third-order valence-electron chi connectivity index (χ3n) is 4.07. The van der Waals surface area contributed by atoms with E-state index in [4.69, 9.17) is 16.3 Å². The fraction of sp³-hybridized carbons (Fsp3) is 0.650. The molecule has 130 valence electrons. The fourth-order valence-electron chi connectivity index (χ4n) is 2.64. The second-order valence-corrected chi connectivity index (χ2v) is 6.56. The van der Waals surface area contributed by atoms with Crippen molar-refractivity contribution in [2.24, 2.45) is 0 Å². The average molecular weight is 339 g/mol. The van der Waals surface area contributed by atoms with Crippen LogP contribution in [0.3, 0.4) is 0 Å². The van der Waals surface area contributed by atoms with E-state index in [9.17, 15) is 4.79 Å². The van der Waals surface area contributed by atoms with E-state index in [2.05, 4.69) is 6.92 Å². The minimum Gasteiger partial charge on any atom is -0.462 e. The van der Waals surface area contributed by atoms with Crippen molar-refractivity contribution in [3.63, 3.8) is 0 Å². The van der Waals surface area contributed by atoms with Crippen molar-refractivity contribution in [1.82, 2.24) is 0 Å². The maximum atomic E-state index is 11.8. The highest BCUT2D eigenvalue weighted by Crippen LogP contribution is 2.16. The molecule has 1 aromatic carbocycles. The van der Waals surface area contributed by atoms with Crippen LogP contribution in [0.5, 0.6) is 0 Å². The molecule has 0 saturated carbocycles.